The lowest BCUT2D eigenvalue weighted by Gasteiger charge is -2.39. The maximum Gasteiger partial charge on any atom is 0.119 e. The fraction of sp³-hybridized carbons (Fsp3) is 0.308. The molecule has 3 rings (SSSR count). The Morgan fingerprint density at radius 1 is 0.862 bits per heavy atom. The Kier molecular flexibility index (Phi) is 7.08. The summed E-state index contributed by atoms with van der Waals surface area (Å²) in [5.41, 5.74) is 2.21. The summed E-state index contributed by atoms with van der Waals surface area (Å²) in [5, 5.41) is 12.2. The van der Waals surface area contributed by atoms with Gasteiger partial charge in [0.25, 0.3) is 0 Å². The Balaban J connectivity index is 2.06. The first-order valence-corrected chi connectivity index (χ1v) is 10.1. The predicted octanol–water partition coefficient (Wildman–Crippen LogP) is 4.55. The van der Waals surface area contributed by atoms with Crippen molar-refractivity contribution in [3.8, 4) is 5.75 Å². The van der Waals surface area contributed by atoms with Gasteiger partial charge in [0.05, 0.1) is 12.7 Å². The first-order valence-electron chi connectivity index (χ1n) is 10.1. The van der Waals surface area contributed by atoms with Crippen LogP contribution in [-0.2, 0) is 18.4 Å². The summed E-state index contributed by atoms with van der Waals surface area (Å²) in [5.74, 6) is 0.768. The van der Waals surface area contributed by atoms with E-state index in [1.807, 2.05) is 48.5 Å². The molecule has 0 aromatic heterocycles. The number of hydrogen-bond donors (Lipinski definition) is 1. The lowest BCUT2D eigenvalue weighted by molar-refractivity contribution is -0.0331. The summed E-state index contributed by atoms with van der Waals surface area (Å²) in [4.78, 5) is 2.16. The van der Waals surface area contributed by atoms with Crippen LogP contribution in [0.3, 0.4) is 0 Å². The van der Waals surface area contributed by atoms with Crippen LogP contribution in [-0.4, -0.2) is 37.8 Å². The van der Waals surface area contributed by atoms with E-state index in [-0.39, 0.29) is 5.92 Å². The van der Waals surface area contributed by atoms with Crippen LogP contribution in [0.4, 0.5) is 0 Å². The van der Waals surface area contributed by atoms with E-state index < -0.39 is 5.60 Å². The van der Waals surface area contributed by atoms with Gasteiger partial charge in [0.2, 0.25) is 0 Å². The lowest BCUT2D eigenvalue weighted by Crippen LogP contribution is -2.43. The summed E-state index contributed by atoms with van der Waals surface area (Å²) in [7, 11) is 5.79. The van der Waals surface area contributed by atoms with E-state index >= 15 is 0 Å². The molecule has 3 aromatic rings. The zero-order valence-corrected chi connectivity index (χ0v) is 17.6. The van der Waals surface area contributed by atoms with Crippen molar-refractivity contribution in [2.75, 3.05) is 27.7 Å². The Morgan fingerprint density at radius 3 is 2.07 bits per heavy atom. The van der Waals surface area contributed by atoms with E-state index in [2.05, 4.69) is 55.4 Å². The van der Waals surface area contributed by atoms with Gasteiger partial charge in [-0.1, -0.05) is 72.8 Å². The van der Waals surface area contributed by atoms with Crippen LogP contribution >= 0.6 is 0 Å². The molecule has 0 spiro atoms. The van der Waals surface area contributed by atoms with E-state index in [0.717, 1.165) is 29.8 Å². The van der Waals surface area contributed by atoms with Gasteiger partial charge < -0.3 is 14.7 Å². The summed E-state index contributed by atoms with van der Waals surface area (Å²) < 4.78 is 5.46. The van der Waals surface area contributed by atoms with Gasteiger partial charge >= 0.3 is 0 Å². The van der Waals surface area contributed by atoms with Crippen LogP contribution < -0.4 is 4.74 Å². The molecule has 0 saturated heterocycles. The van der Waals surface area contributed by atoms with E-state index in [4.69, 9.17) is 4.74 Å². The van der Waals surface area contributed by atoms with Gasteiger partial charge in [-0.2, -0.15) is 0 Å². The minimum absolute atomic E-state index is 0.00668. The molecular formula is C26H31NO2. The standard InChI is InChI=1S/C26H31NO2/c1-27(2)20-24(17-21-11-6-4-7-12-21)26(28,19-22-13-8-5-9-14-22)23-15-10-16-25(18-23)29-3/h4-16,18,24,28H,17,19-20H2,1-3H3/t24-,26+/m0/s1. The number of hydrogen-bond acceptors (Lipinski definition) is 3. The molecule has 0 bridgehead atoms. The molecule has 3 heteroatoms. The molecule has 0 amide bonds. The number of benzene rings is 3. The normalized spacial score (nSPS) is 14.4. The number of methoxy groups -OCH3 is 1. The third kappa shape index (κ3) is 5.47. The monoisotopic (exact) mass is 389 g/mol. The van der Waals surface area contributed by atoms with E-state index in [1.54, 1.807) is 7.11 Å². The Bertz CT molecular complexity index is 879. The maximum absolute atomic E-state index is 12.2. The van der Waals surface area contributed by atoms with Gasteiger partial charge in [0, 0.05) is 18.9 Å². The molecule has 0 saturated carbocycles. The molecule has 0 aliphatic rings. The largest absolute Gasteiger partial charge is 0.497 e. The second-order valence-electron chi connectivity index (χ2n) is 7.97. The van der Waals surface area contributed by atoms with Crippen molar-refractivity contribution in [2.24, 2.45) is 5.92 Å². The Labute approximate surface area is 174 Å². The first-order chi connectivity index (χ1) is 14.0. The van der Waals surface area contributed by atoms with Crippen LogP contribution in [0, 0.1) is 5.92 Å². The van der Waals surface area contributed by atoms with E-state index in [9.17, 15) is 5.11 Å². The average Bonchev–Trinajstić information content (AvgIpc) is 2.74. The van der Waals surface area contributed by atoms with Crippen molar-refractivity contribution in [2.45, 2.75) is 18.4 Å². The van der Waals surface area contributed by atoms with Crippen LogP contribution in [0.1, 0.15) is 16.7 Å². The molecule has 0 heterocycles. The molecule has 29 heavy (non-hydrogen) atoms. The number of ether oxygens (including phenoxy) is 1. The molecule has 0 fully saturated rings. The SMILES string of the molecule is COc1cccc([C@](O)(Cc2ccccc2)[C@@H](Cc2ccccc2)CN(C)C)c1. The van der Waals surface area contributed by atoms with Crippen molar-refractivity contribution in [1.82, 2.24) is 4.90 Å². The van der Waals surface area contributed by atoms with Crippen LogP contribution in [0.15, 0.2) is 84.9 Å². The van der Waals surface area contributed by atoms with Crippen molar-refractivity contribution < 1.29 is 9.84 Å². The minimum Gasteiger partial charge on any atom is -0.497 e. The van der Waals surface area contributed by atoms with Crippen molar-refractivity contribution >= 4 is 0 Å². The van der Waals surface area contributed by atoms with E-state index in [1.165, 1.54) is 5.56 Å². The topological polar surface area (TPSA) is 32.7 Å². The predicted molar refractivity (Wildman–Crippen MR) is 119 cm³/mol. The molecule has 0 unspecified atom stereocenters. The zero-order valence-electron chi connectivity index (χ0n) is 17.6. The molecule has 1 N–H and O–H groups in total. The van der Waals surface area contributed by atoms with Crippen molar-refractivity contribution in [3.63, 3.8) is 0 Å². The smallest absolute Gasteiger partial charge is 0.119 e. The quantitative estimate of drug-likeness (QED) is 0.583. The molecular weight excluding hydrogens is 358 g/mol. The Hall–Kier alpha value is -2.62. The van der Waals surface area contributed by atoms with Crippen molar-refractivity contribution in [3.05, 3.63) is 102 Å². The molecule has 0 radical (unpaired) electrons. The van der Waals surface area contributed by atoms with E-state index in [0.29, 0.717) is 6.42 Å². The third-order valence-corrected chi connectivity index (χ3v) is 5.47. The lowest BCUT2D eigenvalue weighted by atomic mass is 9.74. The fourth-order valence-corrected chi connectivity index (χ4v) is 4.01. The van der Waals surface area contributed by atoms with Crippen molar-refractivity contribution in [1.29, 1.82) is 0 Å². The van der Waals surface area contributed by atoms with Gasteiger partial charge in [-0.05, 0) is 49.3 Å². The highest BCUT2D eigenvalue weighted by Gasteiger charge is 2.39. The maximum atomic E-state index is 12.2. The molecule has 2 atom stereocenters. The van der Waals surface area contributed by atoms with Crippen LogP contribution in [0.2, 0.25) is 0 Å². The molecule has 0 aliphatic carbocycles. The molecule has 3 nitrogen and oxygen atoms in total. The highest BCUT2D eigenvalue weighted by molar-refractivity contribution is 5.35. The first kappa shape index (κ1) is 21.1. The minimum atomic E-state index is -1.03. The molecule has 0 aliphatic heterocycles. The zero-order chi connectivity index (χ0) is 20.7. The average molecular weight is 390 g/mol. The molecule has 152 valence electrons. The van der Waals surface area contributed by atoms with Gasteiger partial charge in [0.15, 0.2) is 0 Å². The summed E-state index contributed by atoms with van der Waals surface area (Å²) in [6.07, 6.45) is 1.34. The number of nitrogens with zero attached hydrogens (tertiary/aromatic N) is 1. The highest BCUT2D eigenvalue weighted by atomic mass is 16.5. The van der Waals surface area contributed by atoms with Gasteiger partial charge in [-0.25, -0.2) is 0 Å². The molecule has 3 aromatic carbocycles. The summed E-state index contributed by atoms with van der Waals surface area (Å²) in [6, 6.07) is 28.5. The van der Waals surface area contributed by atoms with Gasteiger partial charge in [-0.15, -0.1) is 0 Å². The van der Waals surface area contributed by atoms with Crippen LogP contribution in [0.25, 0.3) is 0 Å². The fourth-order valence-electron chi connectivity index (χ4n) is 4.01. The number of aliphatic hydroxyl groups is 1. The summed E-state index contributed by atoms with van der Waals surface area (Å²) >= 11 is 0. The van der Waals surface area contributed by atoms with Gasteiger partial charge in [-0.3, -0.25) is 0 Å². The Morgan fingerprint density at radius 2 is 1.48 bits per heavy atom. The van der Waals surface area contributed by atoms with Crippen LogP contribution in [0.5, 0.6) is 5.75 Å². The van der Waals surface area contributed by atoms with Gasteiger partial charge in [0.1, 0.15) is 5.75 Å². The summed E-state index contributed by atoms with van der Waals surface area (Å²) in [6.45, 7) is 0.773. The second kappa shape index (κ2) is 9.73. The number of rotatable bonds is 9. The second-order valence-corrected chi connectivity index (χ2v) is 7.97. The third-order valence-electron chi connectivity index (χ3n) is 5.47. The highest BCUT2D eigenvalue weighted by Crippen LogP contribution is 2.37.